The monoisotopic (exact) mass is 217 g/mol. The Morgan fingerprint density at radius 1 is 1.20 bits per heavy atom. The fourth-order valence-electron chi connectivity index (χ4n) is 1.12. The first-order valence-electron chi connectivity index (χ1n) is 4.56. The Hall–Kier alpha value is -1.55. The van der Waals surface area contributed by atoms with Gasteiger partial charge in [-0.3, -0.25) is 0 Å². The van der Waals surface area contributed by atoms with Gasteiger partial charge in [0.1, 0.15) is 0 Å². The highest BCUT2D eigenvalue weighted by Gasteiger charge is 1.99. The van der Waals surface area contributed by atoms with E-state index in [-0.39, 0.29) is 0 Å². The highest BCUT2D eigenvalue weighted by molar-refractivity contribution is 7.99. The van der Waals surface area contributed by atoms with Crippen LogP contribution in [0.25, 0.3) is 0 Å². The van der Waals surface area contributed by atoms with Gasteiger partial charge in [-0.05, 0) is 42.4 Å². The summed E-state index contributed by atoms with van der Waals surface area (Å²) in [4.78, 5) is 9.48. The molecule has 76 valence electrons. The first kappa shape index (κ1) is 9.98. The number of nitrogen functional groups attached to an aromatic ring is 1. The van der Waals surface area contributed by atoms with Crippen molar-refractivity contribution in [2.75, 3.05) is 5.73 Å². The summed E-state index contributed by atoms with van der Waals surface area (Å²) in [5.74, 6) is 0. The molecule has 0 radical (unpaired) electrons. The Morgan fingerprint density at radius 3 is 2.60 bits per heavy atom. The van der Waals surface area contributed by atoms with Crippen LogP contribution in [0.5, 0.6) is 0 Å². The molecule has 15 heavy (non-hydrogen) atoms. The van der Waals surface area contributed by atoms with Crippen molar-refractivity contribution in [1.82, 2.24) is 9.97 Å². The summed E-state index contributed by atoms with van der Waals surface area (Å²) in [5.41, 5.74) is 7.50. The maximum Gasteiger partial charge on any atom is 0.192 e. The van der Waals surface area contributed by atoms with Gasteiger partial charge in [0.2, 0.25) is 0 Å². The van der Waals surface area contributed by atoms with Gasteiger partial charge in [-0.2, -0.15) is 0 Å². The maximum absolute atomic E-state index is 5.68. The van der Waals surface area contributed by atoms with E-state index < -0.39 is 0 Å². The van der Waals surface area contributed by atoms with Crippen molar-refractivity contribution in [2.45, 2.75) is 17.0 Å². The average Bonchev–Trinajstić information content (AvgIpc) is 2.22. The number of aryl methyl sites for hydroxylation is 1. The molecule has 0 amide bonds. The zero-order valence-corrected chi connectivity index (χ0v) is 9.16. The molecule has 1 aromatic heterocycles. The van der Waals surface area contributed by atoms with E-state index in [2.05, 4.69) is 9.97 Å². The van der Waals surface area contributed by atoms with Gasteiger partial charge >= 0.3 is 0 Å². The van der Waals surface area contributed by atoms with E-state index in [1.807, 2.05) is 43.6 Å². The molecule has 0 aliphatic carbocycles. The molecule has 0 unspecified atom stereocenters. The lowest BCUT2D eigenvalue weighted by atomic mass is 10.3. The minimum atomic E-state index is 0.742. The van der Waals surface area contributed by atoms with Gasteiger partial charge in [-0.1, -0.05) is 6.07 Å². The number of aromatic nitrogens is 2. The van der Waals surface area contributed by atoms with E-state index in [0.29, 0.717) is 0 Å². The average molecular weight is 217 g/mol. The van der Waals surface area contributed by atoms with Gasteiger partial charge < -0.3 is 5.73 Å². The second kappa shape index (κ2) is 4.31. The molecule has 2 rings (SSSR count). The van der Waals surface area contributed by atoms with Gasteiger partial charge in [0.05, 0.1) is 0 Å². The van der Waals surface area contributed by atoms with Crippen molar-refractivity contribution in [1.29, 1.82) is 0 Å². The number of nitrogens with zero attached hydrogens (tertiary/aromatic N) is 2. The lowest BCUT2D eigenvalue weighted by molar-refractivity contribution is 0.950. The molecule has 0 saturated carbocycles. The molecule has 0 aliphatic rings. The van der Waals surface area contributed by atoms with Crippen molar-refractivity contribution in [3.05, 3.63) is 42.2 Å². The van der Waals surface area contributed by atoms with Gasteiger partial charge in [0, 0.05) is 23.0 Å². The summed E-state index contributed by atoms with van der Waals surface area (Å²) >= 11 is 1.51. The third-order valence-electron chi connectivity index (χ3n) is 1.82. The maximum atomic E-state index is 5.68. The van der Waals surface area contributed by atoms with Crippen molar-refractivity contribution >= 4 is 17.4 Å². The third kappa shape index (κ3) is 2.70. The second-order valence-corrected chi connectivity index (χ2v) is 4.26. The molecular weight excluding hydrogens is 206 g/mol. The Bertz CT molecular complexity index is 454. The van der Waals surface area contributed by atoms with Gasteiger partial charge in [0.25, 0.3) is 0 Å². The van der Waals surface area contributed by atoms with Crippen LogP contribution in [0, 0.1) is 6.92 Å². The summed E-state index contributed by atoms with van der Waals surface area (Å²) in [6.45, 7) is 1.97. The molecule has 4 heteroatoms. The van der Waals surface area contributed by atoms with Crippen molar-refractivity contribution in [3.8, 4) is 0 Å². The summed E-state index contributed by atoms with van der Waals surface area (Å²) in [6, 6.07) is 7.68. The van der Waals surface area contributed by atoms with Crippen LogP contribution in [0.3, 0.4) is 0 Å². The third-order valence-corrected chi connectivity index (χ3v) is 2.71. The Morgan fingerprint density at radius 2 is 1.93 bits per heavy atom. The number of hydrogen-bond donors (Lipinski definition) is 1. The van der Waals surface area contributed by atoms with Crippen LogP contribution < -0.4 is 5.73 Å². The first-order chi connectivity index (χ1) is 7.24. The smallest absolute Gasteiger partial charge is 0.192 e. The van der Waals surface area contributed by atoms with Crippen molar-refractivity contribution in [3.63, 3.8) is 0 Å². The van der Waals surface area contributed by atoms with E-state index in [4.69, 9.17) is 5.73 Å². The largest absolute Gasteiger partial charge is 0.399 e. The van der Waals surface area contributed by atoms with E-state index in [1.165, 1.54) is 11.8 Å². The van der Waals surface area contributed by atoms with Crippen LogP contribution >= 0.6 is 11.8 Å². The van der Waals surface area contributed by atoms with Crippen LogP contribution in [-0.4, -0.2) is 9.97 Å². The van der Waals surface area contributed by atoms with Gasteiger partial charge in [-0.15, -0.1) is 0 Å². The Labute approximate surface area is 92.8 Å². The van der Waals surface area contributed by atoms with E-state index in [1.54, 1.807) is 0 Å². The number of anilines is 1. The van der Waals surface area contributed by atoms with E-state index >= 15 is 0 Å². The van der Waals surface area contributed by atoms with Crippen molar-refractivity contribution < 1.29 is 0 Å². The molecule has 1 aromatic carbocycles. The van der Waals surface area contributed by atoms with Crippen LogP contribution in [0.2, 0.25) is 0 Å². The number of rotatable bonds is 2. The minimum Gasteiger partial charge on any atom is -0.399 e. The molecule has 0 spiro atoms. The Kier molecular flexibility index (Phi) is 2.87. The fraction of sp³-hybridized carbons (Fsp3) is 0.0909. The predicted molar refractivity (Wildman–Crippen MR) is 61.7 cm³/mol. The standard InChI is InChI=1S/C11H11N3S/c1-8-6-13-11(14-7-8)15-10-4-2-3-9(12)5-10/h2-7H,12H2,1H3. The molecule has 0 fully saturated rings. The topological polar surface area (TPSA) is 51.8 Å². The zero-order chi connectivity index (χ0) is 10.7. The SMILES string of the molecule is Cc1cnc(Sc2cccc(N)c2)nc1. The summed E-state index contributed by atoms with van der Waals surface area (Å²) in [5, 5.41) is 0.742. The molecule has 0 bridgehead atoms. The van der Waals surface area contributed by atoms with Gasteiger partial charge in [-0.25, -0.2) is 9.97 Å². The molecule has 0 aliphatic heterocycles. The van der Waals surface area contributed by atoms with Crippen LogP contribution in [0.15, 0.2) is 46.7 Å². The summed E-state index contributed by atoms with van der Waals surface area (Å²) in [6.07, 6.45) is 3.61. The van der Waals surface area contributed by atoms with Crippen LogP contribution in [-0.2, 0) is 0 Å². The lowest BCUT2D eigenvalue weighted by Gasteiger charge is -2.00. The lowest BCUT2D eigenvalue weighted by Crippen LogP contribution is -1.87. The first-order valence-corrected chi connectivity index (χ1v) is 5.38. The fourth-order valence-corrected chi connectivity index (χ4v) is 1.88. The van der Waals surface area contributed by atoms with E-state index in [0.717, 1.165) is 21.3 Å². The van der Waals surface area contributed by atoms with E-state index in [9.17, 15) is 0 Å². The Balaban J connectivity index is 2.18. The highest BCUT2D eigenvalue weighted by atomic mass is 32.2. The van der Waals surface area contributed by atoms with Gasteiger partial charge in [0.15, 0.2) is 5.16 Å². The molecule has 2 N–H and O–H groups in total. The molecule has 1 heterocycles. The zero-order valence-electron chi connectivity index (χ0n) is 8.34. The number of benzene rings is 1. The number of hydrogen-bond acceptors (Lipinski definition) is 4. The van der Waals surface area contributed by atoms with Crippen molar-refractivity contribution in [2.24, 2.45) is 0 Å². The second-order valence-electron chi connectivity index (χ2n) is 3.22. The van der Waals surface area contributed by atoms with Crippen LogP contribution in [0.1, 0.15) is 5.56 Å². The normalized spacial score (nSPS) is 10.2. The minimum absolute atomic E-state index is 0.742. The highest BCUT2D eigenvalue weighted by Crippen LogP contribution is 2.25. The molecule has 0 atom stereocenters. The molecule has 2 aromatic rings. The summed E-state index contributed by atoms with van der Waals surface area (Å²) < 4.78 is 0. The van der Waals surface area contributed by atoms with Crippen LogP contribution in [0.4, 0.5) is 5.69 Å². The number of nitrogens with two attached hydrogens (primary N) is 1. The summed E-state index contributed by atoms with van der Waals surface area (Å²) in [7, 11) is 0. The molecule has 0 saturated heterocycles. The molecule has 3 nitrogen and oxygen atoms in total. The quantitative estimate of drug-likeness (QED) is 0.620. The predicted octanol–water partition coefficient (Wildman–Crippen LogP) is 2.52. The molecular formula is C11H11N3S.